The summed E-state index contributed by atoms with van der Waals surface area (Å²) in [5, 5.41) is 10.7. The van der Waals surface area contributed by atoms with E-state index in [4.69, 9.17) is 0 Å². The third-order valence-corrected chi connectivity index (χ3v) is 6.70. The highest BCUT2D eigenvalue weighted by Crippen LogP contribution is 2.26. The van der Waals surface area contributed by atoms with Gasteiger partial charge in [0.25, 0.3) is 5.91 Å². The Morgan fingerprint density at radius 3 is 2.38 bits per heavy atom. The Morgan fingerprint density at radius 1 is 1.15 bits per heavy atom. The van der Waals surface area contributed by atoms with Gasteiger partial charge in [-0.25, -0.2) is 13.1 Å². The fourth-order valence-corrected chi connectivity index (χ4v) is 4.90. The molecule has 26 heavy (non-hydrogen) atoms. The second-order valence-corrected chi connectivity index (χ2v) is 8.67. The minimum absolute atomic E-state index is 0.0705. The monoisotopic (exact) mass is 395 g/mol. The number of sulfonamides is 1. The molecule has 0 unspecified atom stereocenters. The van der Waals surface area contributed by atoms with E-state index in [2.05, 4.69) is 4.72 Å². The largest absolute Gasteiger partial charge is 0.338 e. The first-order valence-corrected chi connectivity index (χ1v) is 10.3. The number of nitrogens with zero attached hydrogens (tertiary/aromatic N) is 2. The molecular weight excluding hydrogens is 378 g/mol. The van der Waals surface area contributed by atoms with Crippen molar-refractivity contribution >= 4 is 32.3 Å². The molecule has 8 nitrogen and oxygen atoms in total. The Kier molecular flexibility index (Phi) is 5.35. The first kappa shape index (κ1) is 18.5. The van der Waals surface area contributed by atoms with Crippen molar-refractivity contribution in [3.8, 4) is 0 Å². The van der Waals surface area contributed by atoms with Crippen molar-refractivity contribution in [2.24, 2.45) is 0 Å². The number of rotatable bonds is 5. The van der Waals surface area contributed by atoms with Crippen LogP contribution in [0.2, 0.25) is 0 Å². The van der Waals surface area contributed by atoms with Crippen LogP contribution in [0.25, 0.3) is 0 Å². The van der Waals surface area contributed by atoms with Crippen LogP contribution < -0.4 is 4.72 Å². The second-order valence-electron chi connectivity index (χ2n) is 5.90. The molecule has 1 aliphatic heterocycles. The van der Waals surface area contributed by atoms with Crippen molar-refractivity contribution in [2.75, 3.05) is 13.1 Å². The van der Waals surface area contributed by atoms with Crippen LogP contribution in [0.5, 0.6) is 0 Å². The molecule has 1 amide bonds. The van der Waals surface area contributed by atoms with Crippen LogP contribution >= 0.6 is 11.3 Å². The Hall–Kier alpha value is -2.30. The zero-order valence-electron chi connectivity index (χ0n) is 13.7. The van der Waals surface area contributed by atoms with Gasteiger partial charge >= 0.3 is 5.00 Å². The number of thiophene rings is 1. The van der Waals surface area contributed by atoms with Crippen LogP contribution in [0.3, 0.4) is 0 Å². The van der Waals surface area contributed by atoms with E-state index in [1.54, 1.807) is 23.1 Å². The van der Waals surface area contributed by atoms with Gasteiger partial charge < -0.3 is 4.90 Å². The lowest BCUT2D eigenvalue weighted by atomic mass is 10.1. The maximum absolute atomic E-state index is 12.4. The van der Waals surface area contributed by atoms with Gasteiger partial charge in [0.2, 0.25) is 10.0 Å². The van der Waals surface area contributed by atoms with Crippen LogP contribution in [0, 0.1) is 10.1 Å². The first-order chi connectivity index (χ1) is 12.4. The van der Waals surface area contributed by atoms with E-state index in [-0.39, 0.29) is 21.8 Å². The number of amides is 1. The number of hydrogen-bond acceptors (Lipinski definition) is 6. The highest BCUT2D eigenvalue weighted by atomic mass is 32.2. The van der Waals surface area contributed by atoms with Gasteiger partial charge in [-0.3, -0.25) is 14.9 Å². The maximum atomic E-state index is 12.4. The van der Waals surface area contributed by atoms with E-state index in [9.17, 15) is 23.3 Å². The Labute approximate surface area is 154 Å². The molecule has 1 aromatic heterocycles. The van der Waals surface area contributed by atoms with E-state index in [1.165, 1.54) is 24.3 Å². The predicted molar refractivity (Wildman–Crippen MR) is 96.7 cm³/mol. The molecule has 1 fully saturated rings. The van der Waals surface area contributed by atoms with Crippen molar-refractivity contribution in [3.63, 3.8) is 0 Å². The van der Waals surface area contributed by atoms with Crippen LogP contribution in [-0.4, -0.2) is 43.3 Å². The van der Waals surface area contributed by atoms with Crippen LogP contribution in [-0.2, 0) is 10.0 Å². The molecule has 3 rings (SSSR count). The fraction of sp³-hybridized carbons (Fsp3) is 0.312. The average molecular weight is 395 g/mol. The second kappa shape index (κ2) is 7.52. The third-order valence-electron chi connectivity index (χ3n) is 4.14. The summed E-state index contributed by atoms with van der Waals surface area (Å²) < 4.78 is 27.4. The van der Waals surface area contributed by atoms with Crippen molar-refractivity contribution < 1.29 is 18.1 Å². The highest BCUT2D eigenvalue weighted by molar-refractivity contribution is 7.89. The summed E-state index contributed by atoms with van der Waals surface area (Å²) in [4.78, 5) is 24.8. The standard InChI is InChI=1S/C16H17N3O5S2/c20-16(14-6-7-15(25-14)19(21)22)18-10-8-12(9-11-18)17-26(23,24)13-4-2-1-3-5-13/h1-7,12,17H,8-11H2. The zero-order chi connectivity index (χ0) is 18.7. The van der Waals surface area contributed by atoms with E-state index >= 15 is 0 Å². The van der Waals surface area contributed by atoms with E-state index in [0.717, 1.165) is 11.3 Å². The molecule has 0 radical (unpaired) electrons. The normalized spacial score (nSPS) is 15.8. The number of nitrogens with one attached hydrogen (secondary N) is 1. The molecule has 1 saturated heterocycles. The number of likely N-dealkylation sites (tertiary alicyclic amines) is 1. The highest BCUT2D eigenvalue weighted by Gasteiger charge is 2.28. The molecule has 138 valence electrons. The Balaban J connectivity index is 1.58. The van der Waals surface area contributed by atoms with Crippen molar-refractivity contribution in [3.05, 3.63) is 57.5 Å². The number of benzene rings is 1. The average Bonchev–Trinajstić information content (AvgIpc) is 3.13. The van der Waals surface area contributed by atoms with Crippen molar-refractivity contribution in [2.45, 2.75) is 23.8 Å². The molecule has 1 N–H and O–H groups in total. The minimum atomic E-state index is -3.58. The van der Waals surface area contributed by atoms with Gasteiger partial charge in [-0.2, -0.15) is 0 Å². The summed E-state index contributed by atoms with van der Waals surface area (Å²) in [6, 6.07) is 10.7. The summed E-state index contributed by atoms with van der Waals surface area (Å²) in [5.41, 5.74) is 0. The summed E-state index contributed by atoms with van der Waals surface area (Å²) in [6.07, 6.45) is 0.983. The quantitative estimate of drug-likeness (QED) is 0.617. The van der Waals surface area contributed by atoms with E-state index in [0.29, 0.717) is 30.8 Å². The molecule has 1 aliphatic rings. The summed E-state index contributed by atoms with van der Waals surface area (Å²) in [7, 11) is -3.58. The van der Waals surface area contributed by atoms with Gasteiger partial charge in [-0.05, 0) is 31.0 Å². The third kappa shape index (κ3) is 4.09. The lowest BCUT2D eigenvalue weighted by Gasteiger charge is -2.32. The fourth-order valence-electron chi connectivity index (χ4n) is 2.78. The van der Waals surface area contributed by atoms with Gasteiger partial charge in [-0.15, -0.1) is 0 Å². The predicted octanol–water partition coefficient (Wildman–Crippen LogP) is 2.24. The topological polar surface area (TPSA) is 110 Å². The molecule has 1 aromatic carbocycles. The zero-order valence-corrected chi connectivity index (χ0v) is 15.3. The van der Waals surface area contributed by atoms with Gasteiger partial charge in [0.15, 0.2) is 0 Å². The smallest absolute Gasteiger partial charge is 0.324 e. The summed E-state index contributed by atoms with van der Waals surface area (Å²) >= 11 is 0.849. The molecule has 2 heterocycles. The summed E-state index contributed by atoms with van der Waals surface area (Å²) in [6.45, 7) is 0.791. The van der Waals surface area contributed by atoms with Crippen LogP contribution in [0.1, 0.15) is 22.5 Å². The Bertz CT molecular complexity index is 903. The number of nitro groups is 1. The van der Waals surface area contributed by atoms with E-state index in [1.807, 2.05) is 0 Å². The summed E-state index contributed by atoms with van der Waals surface area (Å²) in [5.74, 6) is -0.257. The molecule has 10 heteroatoms. The van der Waals surface area contributed by atoms with Gasteiger partial charge in [0.05, 0.1) is 14.7 Å². The number of carbonyl (C=O) groups excluding carboxylic acids is 1. The molecule has 0 bridgehead atoms. The maximum Gasteiger partial charge on any atom is 0.324 e. The lowest BCUT2D eigenvalue weighted by Crippen LogP contribution is -2.46. The van der Waals surface area contributed by atoms with Gasteiger partial charge in [-0.1, -0.05) is 29.5 Å². The van der Waals surface area contributed by atoms with Gasteiger partial charge in [0, 0.05) is 25.2 Å². The number of hydrogen-bond donors (Lipinski definition) is 1. The van der Waals surface area contributed by atoms with Crippen molar-refractivity contribution in [1.29, 1.82) is 0 Å². The van der Waals surface area contributed by atoms with E-state index < -0.39 is 14.9 Å². The molecule has 2 aromatic rings. The number of carbonyl (C=O) groups is 1. The first-order valence-electron chi connectivity index (χ1n) is 7.98. The molecular formula is C16H17N3O5S2. The van der Waals surface area contributed by atoms with Gasteiger partial charge in [0.1, 0.15) is 0 Å². The molecule has 0 aliphatic carbocycles. The Morgan fingerprint density at radius 2 is 1.81 bits per heavy atom. The minimum Gasteiger partial charge on any atom is -0.338 e. The molecule has 0 atom stereocenters. The molecule has 0 saturated carbocycles. The number of piperidine rings is 1. The SMILES string of the molecule is O=C(c1ccc([N+](=O)[O-])s1)N1CCC(NS(=O)(=O)c2ccccc2)CC1. The molecule has 0 spiro atoms. The lowest BCUT2D eigenvalue weighted by molar-refractivity contribution is -0.380. The van der Waals surface area contributed by atoms with Crippen LogP contribution in [0.4, 0.5) is 5.00 Å². The van der Waals surface area contributed by atoms with Crippen molar-refractivity contribution in [1.82, 2.24) is 9.62 Å². The van der Waals surface area contributed by atoms with Crippen LogP contribution in [0.15, 0.2) is 47.4 Å².